The van der Waals surface area contributed by atoms with Crippen LogP contribution in [0.4, 0.5) is 0 Å². The fourth-order valence-corrected chi connectivity index (χ4v) is 3.01. The number of hydrogen-bond acceptors (Lipinski definition) is 5. The van der Waals surface area contributed by atoms with Gasteiger partial charge in [0, 0.05) is 36.9 Å². The van der Waals surface area contributed by atoms with Crippen molar-refractivity contribution in [3.05, 3.63) is 23.9 Å². The SMILES string of the molecule is CC(=O)NCCOC1COc2ccc3cnn(CC(C)N)c3c2C1. The zero-order chi connectivity index (χ0) is 17.1. The Morgan fingerprint density at radius 1 is 1.58 bits per heavy atom. The highest BCUT2D eigenvalue weighted by Gasteiger charge is 2.24. The normalized spacial score (nSPS) is 18.0. The first kappa shape index (κ1) is 16.7. The number of carbonyl (C=O) groups is 1. The lowest BCUT2D eigenvalue weighted by Crippen LogP contribution is -2.33. The molecule has 3 rings (SSSR count). The number of hydrogen-bond donors (Lipinski definition) is 2. The molecule has 0 saturated carbocycles. The standard InChI is InChI=1S/C17H24N4O3/c1-11(18)9-21-17-13(8-20-21)3-4-16-15(17)7-14(10-24-16)23-6-5-19-12(2)22/h3-4,8,11,14H,5-7,9-10,18H2,1-2H3,(H,19,22). The minimum absolute atomic E-state index is 0.0261. The Hall–Kier alpha value is -2.12. The van der Waals surface area contributed by atoms with E-state index in [-0.39, 0.29) is 18.1 Å². The van der Waals surface area contributed by atoms with Crippen LogP contribution in [0.2, 0.25) is 0 Å². The van der Waals surface area contributed by atoms with Gasteiger partial charge in [0.05, 0.1) is 31.0 Å². The van der Waals surface area contributed by atoms with Crippen LogP contribution < -0.4 is 15.8 Å². The van der Waals surface area contributed by atoms with Crippen LogP contribution in [0, 0.1) is 0 Å². The van der Waals surface area contributed by atoms with Crippen molar-refractivity contribution < 1.29 is 14.3 Å². The van der Waals surface area contributed by atoms with Gasteiger partial charge in [0.25, 0.3) is 0 Å². The largest absolute Gasteiger partial charge is 0.491 e. The number of amides is 1. The molecular formula is C17H24N4O3. The molecule has 1 aromatic heterocycles. The van der Waals surface area contributed by atoms with Crippen molar-refractivity contribution in [2.24, 2.45) is 5.73 Å². The van der Waals surface area contributed by atoms with E-state index in [0.29, 0.717) is 26.3 Å². The maximum Gasteiger partial charge on any atom is 0.216 e. The van der Waals surface area contributed by atoms with Crippen molar-refractivity contribution in [3.8, 4) is 5.75 Å². The quantitative estimate of drug-likeness (QED) is 0.765. The third-order valence-corrected chi connectivity index (χ3v) is 4.01. The highest BCUT2D eigenvalue weighted by Crippen LogP contribution is 2.32. The van der Waals surface area contributed by atoms with E-state index in [1.54, 1.807) is 0 Å². The second-order valence-electron chi connectivity index (χ2n) is 6.27. The molecule has 0 radical (unpaired) electrons. The first-order valence-corrected chi connectivity index (χ1v) is 8.26. The van der Waals surface area contributed by atoms with Gasteiger partial charge in [0.2, 0.25) is 5.91 Å². The summed E-state index contributed by atoms with van der Waals surface area (Å²) < 4.78 is 13.7. The fourth-order valence-electron chi connectivity index (χ4n) is 3.01. The fraction of sp³-hybridized carbons (Fsp3) is 0.529. The lowest BCUT2D eigenvalue weighted by atomic mass is 10.0. The van der Waals surface area contributed by atoms with Gasteiger partial charge >= 0.3 is 0 Å². The highest BCUT2D eigenvalue weighted by molar-refractivity contribution is 5.84. The molecule has 2 aromatic rings. The third-order valence-electron chi connectivity index (χ3n) is 4.01. The summed E-state index contributed by atoms with van der Waals surface area (Å²) in [4.78, 5) is 10.9. The molecule has 1 amide bonds. The molecule has 3 N–H and O–H groups in total. The molecule has 1 aromatic carbocycles. The molecule has 0 bridgehead atoms. The minimum Gasteiger partial charge on any atom is -0.491 e. The van der Waals surface area contributed by atoms with E-state index in [9.17, 15) is 4.79 Å². The van der Waals surface area contributed by atoms with E-state index < -0.39 is 0 Å². The summed E-state index contributed by atoms with van der Waals surface area (Å²) in [5.41, 5.74) is 8.11. The van der Waals surface area contributed by atoms with Crippen LogP contribution in [0.3, 0.4) is 0 Å². The first-order chi connectivity index (χ1) is 11.5. The number of nitrogens with two attached hydrogens (primary N) is 1. The van der Waals surface area contributed by atoms with E-state index in [4.69, 9.17) is 15.2 Å². The van der Waals surface area contributed by atoms with Crippen LogP contribution in [0.1, 0.15) is 19.4 Å². The van der Waals surface area contributed by atoms with Gasteiger partial charge in [0.1, 0.15) is 12.4 Å². The smallest absolute Gasteiger partial charge is 0.216 e. The van der Waals surface area contributed by atoms with E-state index in [1.165, 1.54) is 6.92 Å². The molecule has 0 aliphatic carbocycles. The molecule has 24 heavy (non-hydrogen) atoms. The van der Waals surface area contributed by atoms with Crippen molar-refractivity contribution in [1.82, 2.24) is 15.1 Å². The van der Waals surface area contributed by atoms with Crippen molar-refractivity contribution in [3.63, 3.8) is 0 Å². The molecule has 7 nitrogen and oxygen atoms in total. The molecule has 2 heterocycles. The topological polar surface area (TPSA) is 91.4 Å². The molecule has 1 aliphatic rings. The van der Waals surface area contributed by atoms with Gasteiger partial charge in [-0.15, -0.1) is 0 Å². The number of ether oxygens (including phenoxy) is 2. The maximum atomic E-state index is 10.9. The monoisotopic (exact) mass is 332 g/mol. The number of nitrogens with zero attached hydrogens (tertiary/aromatic N) is 2. The van der Waals surface area contributed by atoms with E-state index >= 15 is 0 Å². The number of rotatable bonds is 6. The third kappa shape index (κ3) is 3.68. The number of fused-ring (bicyclic) bond motifs is 3. The number of carbonyl (C=O) groups excluding carboxylic acids is 1. The maximum absolute atomic E-state index is 10.9. The van der Waals surface area contributed by atoms with Crippen molar-refractivity contribution >= 4 is 16.8 Å². The molecule has 0 saturated heterocycles. The van der Waals surface area contributed by atoms with Gasteiger partial charge in [-0.2, -0.15) is 5.10 Å². The Bertz CT molecular complexity index is 726. The summed E-state index contributed by atoms with van der Waals surface area (Å²) >= 11 is 0. The van der Waals surface area contributed by atoms with E-state index in [1.807, 2.05) is 29.9 Å². The Morgan fingerprint density at radius 3 is 3.17 bits per heavy atom. The Labute approximate surface area is 141 Å². The van der Waals surface area contributed by atoms with Gasteiger partial charge in [0.15, 0.2) is 0 Å². The molecule has 7 heteroatoms. The zero-order valence-corrected chi connectivity index (χ0v) is 14.1. The Morgan fingerprint density at radius 2 is 2.42 bits per heavy atom. The Balaban J connectivity index is 1.76. The second kappa shape index (κ2) is 7.19. The minimum atomic E-state index is -0.0506. The number of nitrogens with one attached hydrogen (secondary N) is 1. The summed E-state index contributed by atoms with van der Waals surface area (Å²) in [5, 5.41) is 8.26. The van der Waals surface area contributed by atoms with Crippen LogP contribution in [0.5, 0.6) is 5.75 Å². The van der Waals surface area contributed by atoms with Crippen molar-refractivity contribution in [1.29, 1.82) is 0 Å². The van der Waals surface area contributed by atoms with Crippen molar-refractivity contribution in [2.75, 3.05) is 19.8 Å². The van der Waals surface area contributed by atoms with Crippen LogP contribution in [0.15, 0.2) is 18.3 Å². The predicted octanol–water partition coefficient (Wildman–Crippen LogP) is 0.840. The van der Waals surface area contributed by atoms with Gasteiger partial charge < -0.3 is 20.5 Å². The lowest BCUT2D eigenvalue weighted by molar-refractivity contribution is -0.119. The average molecular weight is 332 g/mol. The number of benzene rings is 1. The van der Waals surface area contributed by atoms with Gasteiger partial charge in [-0.05, 0) is 19.1 Å². The second-order valence-corrected chi connectivity index (χ2v) is 6.27. The van der Waals surface area contributed by atoms with Gasteiger partial charge in [-0.25, -0.2) is 0 Å². The average Bonchev–Trinajstić information content (AvgIpc) is 2.94. The van der Waals surface area contributed by atoms with Crippen LogP contribution >= 0.6 is 0 Å². The molecular weight excluding hydrogens is 308 g/mol. The molecule has 0 fully saturated rings. The molecule has 2 atom stereocenters. The molecule has 0 spiro atoms. The summed E-state index contributed by atoms with van der Waals surface area (Å²) in [7, 11) is 0. The molecule has 2 unspecified atom stereocenters. The van der Waals surface area contributed by atoms with Gasteiger partial charge in [-0.3, -0.25) is 9.48 Å². The van der Waals surface area contributed by atoms with Gasteiger partial charge in [-0.1, -0.05) is 0 Å². The lowest BCUT2D eigenvalue weighted by Gasteiger charge is -2.26. The summed E-state index contributed by atoms with van der Waals surface area (Å²) in [5.74, 6) is 0.834. The summed E-state index contributed by atoms with van der Waals surface area (Å²) in [6.07, 6.45) is 2.59. The summed E-state index contributed by atoms with van der Waals surface area (Å²) in [6, 6.07) is 4.04. The molecule has 130 valence electrons. The van der Waals surface area contributed by atoms with E-state index in [0.717, 1.165) is 28.6 Å². The first-order valence-electron chi connectivity index (χ1n) is 8.26. The number of aromatic nitrogens is 2. The molecule has 1 aliphatic heterocycles. The zero-order valence-electron chi connectivity index (χ0n) is 14.1. The van der Waals surface area contributed by atoms with Crippen LogP contribution in [-0.4, -0.2) is 47.6 Å². The Kier molecular flexibility index (Phi) is 5.01. The van der Waals surface area contributed by atoms with E-state index in [2.05, 4.69) is 10.4 Å². The summed E-state index contributed by atoms with van der Waals surface area (Å²) in [6.45, 7) is 5.61. The van der Waals surface area contributed by atoms with Crippen LogP contribution in [-0.2, 0) is 22.5 Å². The highest BCUT2D eigenvalue weighted by atomic mass is 16.5. The van der Waals surface area contributed by atoms with Crippen molar-refractivity contribution in [2.45, 2.75) is 39.0 Å². The van der Waals surface area contributed by atoms with Crippen LogP contribution in [0.25, 0.3) is 10.9 Å². The predicted molar refractivity (Wildman–Crippen MR) is 91.0 cm³/mol.